The van der Waals surface area contributed by atoms with Crippen LogP contribution >= 0.6 is 16.5 Å². The van der Waals surface area contributed by atoms with Crippen molar-refractivity contribution in [1.82, 2.24) is 0 Å². The van der Waals surface area contributed by atoms with Crippen LogP contribution in [0, 0.1) is 5.41 Å². The van der Waals surface area contributed by atoms with Gasteiger partial charge in [0.15, 0.2) is 0 Å². The average molecular weight is 785 g/mol. The molecule has 6 nitrogen and oxygen atoms in total. The minimum Gasteiger partial charge on any atom is -0.399 e. The predicted molar refractivity (Wildman–Crippen MR) is 234 cm³/mol. The van der Waals surface area contributed by atoms with Crippen molar-refractivity contribution in [2.45, 2.75) is 50.7 Å². The van der Waals surface area contributed by atoms with Gasteiger partial charge in [0.05, 0.1) is 12.2 Å². The molecule has 2 aliphatic carbocycles. The van der Waals surface area contributed by atoms with Crippen molar-refractivity contribution in [2.75, 3.05) is 0 Å². The Kier molecular flexibility index (Phi) is 7.85. The van der Waals surface area contributed by atoms with Gasteiger partial charge in [0.1, 0.15) is 22.3 Å². The number of hydrogen-bond acceptors (Lipinski definition) is 6. The maximum Gasteiger partial charge on any atom is 0.387 e. The first-order chi connectivity index (χ1) is 28.2. The van der Waals surface area contributed by atoms with Gasteiger partial charge in [0.25, 0.3) is 0 Å². The third kappa shape index (κ3) is 5.39. The molecule has 2 atom stereocenters. The van der Waals surface area contributed by atoms with Gasteiger partial charge in [-0.1, -0.05) is 134 Å². The van der Waals surface area contributed by atoms with Crippen molar-refractivity contribution < 1.29 is 25.8 Å². The van der Waals surface area contributed by atoms with Gasteiger partial charge in [-0.05, 0) is 93.0 Å². The van der Waals surface area contributed by atoms with Crippen molar-refractivity contribution in [2.24, 2.45) is 5.41 Å². The zero-order valence-electron chi connectivity index (χ0n) is 31.1. The Morgan fingerprint density at radius 1 is 0.386 bits per heavy atom. The average Bonchev–Trinajstić information content (AvgIpc) is 3.74. The molecule has 8 heteroatoms. The molecule has 0 radical (unpaired) electrons. The maximum absolute atomic E-state index is 7.13. The van der Waals surface area contributed by atoms with Gasteiger partial charge in [-0.25, -0.2) is 0 Å². The van der Waals surface area contributed by atoms with Crippen LogP contribution < -0.4 is 9.05 Å². The van der Waals surface area contributed by atoms with E-state index in [4.69, 9.17) is 25.8 Å². The highest BCUT2D eigenvalue weighted by atomic mass is 31.1. The van der Waals surface area contributed by atoms with Crippen molar-refractivity contribution in [3.8, 4) is 0 Å². The molecule has 0 saturated heterocycles. The first-order valence-electron chi connectivity index (χ1n) is 19.9. The highest BCUT2D eigenvalue weighted by Gasteiger charge is 2.54. The van der Waals surface area contributed by atoms with E-state index >= 15 is 0 Å². The van der Waals surface area contributed by atoms with E-state index in [-0.39, 0.29) is 17.6 Å². The molecular formula is C49H38O6P2. The minimum absolute atomic E-state index is 0.114. The summed E-state index contributed by atoms with van der Waals surface area (Å²) in [6, 6.07) is 50.8. The van der Waals surface area contributed by atoms with Gasteiger partial charge in [-0.3, -0.25) is 9.05 Å². The molecule has 12 rings (SSSR count). The zero-order chi connectivity index (χ0) is 37.5. The number of fused-ring (bicyclic) bond motifs is 14. The van der Waals surface area contributed by atoms with Crippen LogP contribution in [0.3, 0.4) is 0 Å². The SMILES string of the molecule is c1ccc2c(c1)ccc1op(OC3CCCC34CCCC4Op3oc4ccc5ccccc5c4c4c(ccc5ccccc54)o3)oc3ccc4ccccc4c3c12. The fraction of sp³-hybridized carbons (Fsp3) is 0.184. The minimum atomic E-state index is -1.79. The summed E-state index contributed by atoms with van der Waals surface area (Å²) < 4.78 is 41.6. The van der Waals surface area contributed by atoms with Gasteiger partial charge >= 0.3 is 16.5 Å². The first kappa shape index (κ1) is 33.6. The smallest absolute Gasteiger partial charge is 0.387 e. The van der Waals surface area contributed by atoms with Crippen LogP contribution in [0.5, 0.6) is 0 Å². The summed E-state index contributed by atoms with van der Waals surface area (Å²) in [5, 5.41) is 13.3. The molecule has 57 heavy (non-hydrogen) atoms. The highest BCUT2D eigenvalue weighted by molar-refractivity contribution is 7.32. The second-order valence-electron chi connectivity index (χ2n) is 15.7. The second kappa shape index (κ2) is 13.3. The van der Waals surface area contributed by atoms with Gasteiger partial charge in [-0.15, -0.1) is 0 Å². The third-order valence-corrected chi connectivity index (χ3v) is 14.9. The largest absolute Gasteiger partial charge is 0.399 e. The number of benzene rings is 8. The lowest BCUT2D eigenvalue weighted by Gasteiger charge is -2.34. The lowest BCUT2D eigenvalue weighted by molar-refractivity contribution is 0.0313. The molecule has 2 unspecified atom stereocenters. The van der Waals surface area contributed by atoms with Crippen molar-refractivity contribution >= 4 is 103 Å². The Bertz CT molecular complexity index is 2900. The molecule has 2 heterocycles. The van der Waals surface area contributed by atoms with Crippen LogP contribution in [-0.2, 0) is 0 Å². The predicted octanol–water partition coefficient (Wildman–Crippen LogP) is 15.2. The lowest BCUT2D eigenvalue weighted by atomic mass is 9.80. The van der Waals surface area contributed by atoms with E-state index in [1.165, 1.54) is 0 Å². The zero-order valence-corrected chi connectivity index (χ0v) is 32.9. The number of hydrogen-bond donors (Lipinski definition) is 0. The van der Waals surface area contributed by atoms with Gasteiger partial charge < -0.3 is 16.8 Å². The van der Waals surface area contributed by atoms with E-state index in [1.54, 1.807) is 0 Å². The Labute approximate surface area is 329 Å². The maximum atomic E-state index is 7.13. The molecule has 0 N–H and O–H groups in total. The molecule has 2 aliphatic rings. The van der Waals surface area contributed by atoms with E-state index < -0.39 is 16.5 Å². The third-order valence-electron chi connectivity index (χ3n) is 12.7. The Balaban J connectivity index is 0.985. The molecule has 2 aromatic heterocycles. The van der Waals surface area contributed by atoms with Crippen molar-refractivity contribution in [3.63, 3.8) is 0 Å². The highest BCUT2D eigenvalue weighted by Crippen LogP contribution is 2.56. The van der Waals surface area contributed by atoms with E-state index in [0.717, 1.165) is 125 Å². The van der Waals surface area contributed by atoms with Crippen LogP contribution in [0.2, 0.25) is 0 Å². The van der Waals surface area contributed by atoms with Crippen molar-refractivity contribution in [1.29, 1.82) is 0 Å². The molecule has 2 fully saturated rings. The number of rotatable bonds is 4. The van der Waals surface area contributed by atoms with E-state index in [1.807, 2.05) is 0 Å². The van der Waals surface area contributed by atoms with Crippen LogP contribution in [0.1, 0.15) is 38.5 Å². The topological polar surface area (TPSA) is 71.0 Å². The Morgan fingerprint density at radius 3 is 1.00 bits per heavy atom. The first-order valence-corrected chi connectivity index (χ1v) is 22.1. The molecule has 0 aliphatic heterocycles. The van der Waals surface area contributed by atoms with Crippen LogP contribution in [0.25, 0.3) is 87.0 Å². The van der Waals surface area contributed by atoms with E-state index in [9.17, 15) is 0 Å². The molecule has 280 valence electrons. The molecule has 10 aromatic rings. The summed E-state index contributed by atoms with van der Waals surface area (Å²) in [5.74, 6) is 0. The van der Waals surface area contributed by atoms with Crippen molar-refractivity contribution in [3.05, 3.63) is 146 Å². The summed E-state index contributed by atoms with van der Waals surface area (Å²) in [6.07, 6.45) is 5.67. The monoisotopic (exact) mass is 784 g/mol. The van der Waals surface area contributed by atoms with Crippen LogP contribution in [0.15, 0.2) is 162 Å². The summed E-state index contributed by atoms with van der Waals surface area (Å²) in [6.45, 7) is 0. The Morgan fingerprint density at radius 2 is 0.684 bits per heavy atom. The molecule has 0 bridgehead atoms. The van der Waals surface area contributed by atoms with Gasteiger partial charge in [0.2, 0.25) is 0 Å². The molecule has 0 amide bonds. The van der Waals surface area contributed by atoms with Gasteiger partial charge in [-0.2, -0.15) is 0 Å². The summed E-state index contributed by atoms with van der Waals surface area (Å²) in [4.78, 5) is 0. The molecule has 2 saturated carbocycles. The normalized spacial score (nSPS) is 19.7. The van der Waals surface area contributed by atoms with Crippen LogP contribution in [-0.4, -0.2) is 12.2 Å². The summed E-state index contributed by atoms with van der Waals surface area (Å²) in [5.41, 5.74) is 2.90. The molecule has 8 aromatic carbocycles. The fourth-order valence-electron chi connectivity index (χ4n) is 10.1. The fourth-order valence-corrected chi connectivity index (χ4v) is 12.6. The lowest BCUT2D eigenvalue weighted by Crippen LogP contribution is -2.42. The summed E-state index contributed by atoms with van der Waals surface area (Å²) in [7, 11) is -3.59. The van der Waals surface area contributed by atoms with Gasteiger partial charge in [0, 0.05) is 27.0 Å². The van der Waals surface area contributed by atoms with Crippen LogP contribution in [0.4, 0.5) is 0 Å². The molecule has 1 spiro atoms. The van der Waals surface area contributed by atoms with E-state index in [0.29, 0.717) is 0 Å². The Hall–Kier alpha value is -5.48. The van der Waals surface area contributed by atoms with E-state index in [2.05, 4.69) is 146 Å². The molecular weight excluding hydrogens is 746 g/mol. The second-order valence-corrected chi connectivity index (χ2v) is 17.7. The quantitative estimate of drug-likeness (QED) is 0.177. The standard InChI is InChI=1S/C49H38O6P2/c1-5-15-35-31(11-1)21-25-39-45(35)46-36-16-6-2-12-32(36)22-26-40(46)51-56(50-39)54-43-19-9-29-49(43)30-10-20-44(49)55-57-52-41-27-23-33-13-3-7-17-37(33)47(41)48-38-18-8-4-14-34(38)24-28-42(48)53-57/h1-8,11-18,21-28,43-44H,9-10,19-20,29-30H2. The summed E-state index contributed by atoms with van der Waals surface area (Å²) >= 11 is 0.